The molecule has 3 fully saturated rings. The van der Waals surface area contributed by atoms with Gasteiger partial charge in [0.2, 0.25) is 0 Å². The van der Waals surface area contributed by atoms with Crippen molar-refractivity contribution in [2.45, 2.75) is 43.2 Å². The van der Waals surface area contributed by atoms with Crippen LogP contribution in [-0.2, 0) is 0 Å². The van der Waals surface area contributed by atoms with E-state index in [2.05, 4.69) is 30.6 Å². The highest BCUT2D eigenvalue weighted by atomic mass is 79.9. The Kier molecular flexibility index (Phi) is 3.76. The first kappa shape index (κ1) is 12.4. The predicted octanol–water partition coefficient (Wildman–Crippen LogP) is 2.28. The summed E-state index contributed by atoms with van der Waals surface area (Å²) in [5, 5.41) is 0. The van der Waals surface area contributed by atoms with E-state index in [1.165, 1.54) is 77.8 Å². The van der Waals surface area contributed by atoms with Gasteiger partial charge in [0.15, 0.2) is 4.70 Å². The second kappa shape index (κ2) is 5.16. The van der Waals surface area contributed by atoms with Crippen molar-refractivity contribution in [1.82, 2.24) is 14.7 Å². The maximum absolute atomic E-state index is 4.14. The number of nitrogens with zero attached hydrogens (tertiary/aromatic N) is 3. The maximum Gasteiger partial charge on any atom is 0.189 e. The van der Waals surface area contributed by atoms with Gasteiger partial charge >= 0.3 is 0 Å². The third kappa shape index (κ3) is 2.18. The number of alkyl halides is 1. The van der Waals surface area contributed by atoms with Gasteiger partial charge in [0.1, 0.15) is 0 Å². The van der Waals surface area contributed by atoms with Gasteiger partial charge in [0.25, 0.3) is 0 Å². The van der Waals surface area contributed by atoms with Gasteiger partial charge in [0, 0.05) is 39.3 Å². The van der Waals surface area contributed by atoms with Gasteiger partial charge in [-0.05, 0) is 54.5 Å². The summed E-state index contributed by atoms with van der Waals surface area (Å²) in [5.74, 6) is 0. The molecular weight excluding hydrogens is 278 g/mol. The third-order valence-electron chi connectivity index (χ3n) is 4.53. The third-order valence-corrected chi connectivity index (χ3v) is 6.03. The molecule has 0 aliphatic carbocycles. The van der Waals surface area contributed by atoms with Crippen molar-refractivity contribution in [2.24, 2.45) is 0 Å². The van der Waals surface area contributed by atoms with E-state index < -0.39 is 0 Å². The first-order valence-corrected chi connectivity index (χ1v) is 8.05. The molecule has 0 aromatic heterocycles. The zero-order valence-electron chi connectivity index (χ0n) is 10.7. The number of hydrogen-bond acceptors (Lipinski definition) is 3. The van der Waals surface area contributed by atoms with Crippen molar-refractivity contribution in [3.8, 4) is 0 Å². The normalized spacial score (nSPS) is 29.5. The van der Waals surface area contributed by atoms with E-state index in [1.54, 1.807) is 0 Å². The average molecular weight is 302 g/mol. The van der Waals surface area contributed by atoms with Crippen molar-refractivity contribution >= 4 is 15.9 Å². The average Bonchev–Trinajstić information content (AvgIpc) is 3.10. The quantitative estimate of drug-likeness (QED) is 0.585. The van der Waals surface area contributed by atoms with E-state index >= 15 is 0 Å². The van der Waals surface area contributed by atoms with Crippen LogP contribution in [0.15, 0.2) is 0 Å². The van der Waals surface area contributed by atoms with Gasteiger partial charge in [-0.3, -0.25) is 14.7 Å². The zero-order valence-corrected chi connectivity index (χ0v) is 12.3. The van der Waals surface area contributed by atoms with Gasteiger partial charge in [-0.1, -0.05) is 0 Å². The molecule has 0 N–H and O–H groups in total. The molecule has 0 bridgehead atoms. The minimum atomic E-state index is 0.0521. The molecule has 0 atom stereocenters. The lowest BCUT2D eigenvalue weighted by atomic mass is 10.4. The minimum Gasteiger partial charge on any atom is -0.263 e. The van der Waals surface area contributed by atoms with E-state index in [9.17, 15) is 0 Å². The zero-order chi connectivity index (χ0) is 11.7. The minimum absolute atomic E-state index is 0.0521. The first-order valence-electron chi connectivity index (χ1n) is 7.26. The summed E-state index contributed by atoms with van der Waals surface area (Å²) < 4.78 is 0.0521. The largest absolute Gasteiger partial charge is 0.263 e. The van der Waals surface area contributed by atoms with E-state index in [0.717, 1.165) is 0 Å². The standard InChI is InChI=1S/C13H24BrN3/c14-13(15-7-1-2-8-15,16-9-3-4-10-16)17-11-5-6-12-17/h1-12H2. The monoisotopic (exact) mass is 301 g/mol. The van der Waals surface area contributed by atoms with E-state index in [0.29, 0.717) is 0 Å². The molecule has 0 saturated carbocycles. The summed E-state index contributed by atoms with van der Waals surface area (Å²) in [5.41, 5.74) is 0. The maximum atomic E-state index is 4.14. The molecule has 3 aliphatic heterocycles. The Bertz CT molecular complexity index is 213. The van der Waals surface area contributed by atoms with Crippen molar-refractivity contribution in [3.05, 3.63) is 0 Å². The molecule has 0 radical (unpaired) electrons. The predicted molar refractivity (Wildman–Crippen MR) is 74.1 cm³/mol. The molecule has 3 rings (SSSR count). The molecule has 0 amide bonds. The summed E-state index contributed by atoms with van der Waals surface area (Å²) in [6.07, 6.45) is 8.22. The first-order chi connectivity index (χ1) is 8.32. The second-order valence-corrected chi connectivity index (χ2v) is 6.70. The van der Waals surface area contributed by atoms with Crippen molar-refractivity contribution in [2.75, 3.05) is 39.3 Å². The summed E-state index contributed by atoms with van der Waals surface area (Å²) in [6, 6.07) is 0. The van der Waals surface area contributed by atoms with Gasteiger partial charge in [0.05, 0.1) is 0 Å². The van der Waals surface area contributed by atoms with Gasteiger partial charge in [-0.2, -0.15) is 0 Å². The molecule has 3 nitrogen and oxygen atoms in total. The molecule has 0 aromatic carbocycles. The van der Waals surface area contributed by atoms with Crippen LogP contribution in [0.2, 0.25) is 0 Å². The number of likely N-dealkylation sites (tertiary alicyclic amines) is 3. The molecule has 98 valence electrons. The highest BCUT2D eigenvalue weighted by Gasteiger charge is 2.47. The molecule has 0 spiro atoms. The fraction of sp³-hybridized carbons (Fsp3) is 1.00. The fourth-order valence-corrected chi connectivity index (χ4v) is 4.67. The van der Waals surface area contributed by atoms with Crippen LogP contribution < -0.4 is 0 Å². The van der Waals surface area contributed by atoms with Crippen LogP contribution in [0.3, 0.4) is 0 Å². The highest BCUT2D eigenvalue weighted by Crippen LogP contribution is 2.38. The lowest BCUT2D eigenvalue weighted by Crippen LogP contribution is -2.64. The molecule has 3 heterocycles. The number of hydrogen-bond donors (Lipinski definition) is 0. The molecule has 0 unspecified atom stereocenters. The van der Waals surface area contributed by atoms with Crippen molar-refractivity contribution in [1.29, 1.82) is 0 Å². The van der Waals surface area contributed by atoms with Crippen molar-refractivity contribution in [3.63, 3.8) is 0 Å². The summed E-state index contributed by atoms with van der Waals surface area (Å²) in [7, 11) is 0. The number of halogens is 1. The molecular formula is C13H24BrN3. The Balaban J connectivity index is 1.81. The highest BCUT2D eigenvalue weighted by molar-refractivity contribution is 9.10. The van der Waals surface area contributed by atoms with Crippen LogP contribution >= 0.6 is 15.9 Å². The Morgan fingerprint density at radius 3 is 1.00 bits per heavy atom. The van der Waals surface area contributed by atoms with E-state index in [4.69, 9.17) is 0 Å². The Morgan fingerprint density at radius 1 is 0.529 bits per heavy atom. The SMILES string of the molecule is BrC(N1CCCC1)(N1CCCC1)N1CCCC1. The molecule has 3 saturated heterocycles. The Hall–Kier alpha value is 0.360. The van der Waals surface area contributed by atoms with Crippen LogP contribution in [0, 0.1) is 0 Å². The summed E-state index contributed by atoms with van der Waals surface area (Å²) in [6.45, 7) is 7.57. The second-order valence-electron chi connectivity index (χ2n) is 5.64. The Labute approximate surface area is 113 Å². The van der Waals surface area contributed by atoms with E-state index in [-0.39, 0.29) is 4.70 Å². The van der Waals surface area contributed by atoms with Crippen LogP contribution in [0.1, 0.15) is 38.5 Å². The van der Waals surface area contributed by atoms with Crippen LogP contribution in [0.4, 0.5) is 0 Å². The summed E-state index contributed by atoms with van der Waals surface area (Å²) >= 11 is 4.14. The topological polar surface area (TPSA) is 9.72 Å². The van der Waals surface area contributed by atoms with E-state index in [1.807, 2.05) is 0 Å². The van der Waals surface area contributed by atoms with Crippen LogP contribution in [0.25, 0.3) is 0 Å². The number of rotatable bonds is 3. The van der Waals surface area contributed by atoms with Gasteiger partial charge < -0.3 is 0 Å². The molecule has 0 aromatic rings. The van der Waals surface area contributed by atoms with Gasteiger partial charge in [-0.25, -0.2) is 0 Å². The fourth-order valence-electron chi connectivity index (χ4n) is 3.60. The Morgan fingerprint density at radius 2 is 0.765 bits per heavy atom. The van der Waals surface area contributed by atoms with Crippen LogP contribution in [0.5, 0.6) is 0 Å². The molecule has 4 heteroatoms. The van der Waals surface area contributed by atoms with Gasteiger partial charge in [-0.15, -0.1) is 0 Å². The molecule has 17 heavy (non-hydrogen) atoms. The molecule has 3 aliphatic rings. The van der Waals surface area contributed by atoms with Crippen LogP contribution in [-0.4, -0.2) is 58.7 Å². The summed E-state index contributed by atoms with van der Waals surface area (Å²) in [4.78, 5) is 8.01. The smallest absolute Gasteiger partial charge is 0.189 e. The lowest BCUT2D eigenvalue weighted by Gasteiger charge is -2.49. The van der Waals surface area contributed by atoms with Crippen molar-refractivity contribution < 1.29 is 0 Å². The lowest BCUT2D eigenvalue weighted by molar-refractivity contribution is -0.0645.